The van der Waals surface area contributed by atoms with Gasteiger partial charge in [0, 0.05) is 0 Å². The lowest BCUT2D eigenvalue weighted by Gasteiger charge is -2.07. The van der Waals surface area contributed by atoms with Gasteiger partial charge in [-0.15, -0.1) is 11.3 Å². The molecule has 3 nitrogen and oxygen atoms in total. The van der Waals surface area contributed by atoms with Crippen molar-refractivity contribution in [3.8, 4) is 0 Å². The number of carbonyl (C=O) groups excluding carboxylic acids is 1. The van der Waals surface area contributed by atoms with Gasteiger partial charge < -0.3 is 10.5 Å². The second kappa shape index (κ2) is 5.16. The molecule has 1 rings (SSSR count). The molecule has 0 bridgehead atoms. The van der Waals surface area contributed by atoms with Crippen LogP contribution in [0.3, 0.4) is 0 Å². The molecule has 0 atom stereocenters. The average Bonchev–Trinajstić information content (AvgIpc) is 2.56. The summed E-state index contributed by atoms with van der Waals surface area (Å²) in [5.74, 6) is 0.00188. The third kappa shape index (κ3) is 2.72. The van der Waals surface area contributed by atoms with Gasteiger partial charge >= 0.3 is 5.97 Å². The maximum absolute atomic E-state index is 11.7. The second-order valence-corrected chi connectivity index (χ2v) is 4.63. The lowest BCUT2D eigenvalue weighted by molar-refractivity contribution is 0.0505. The van der Waals surface area contributed by atoms with Crippen LogP contribution in [0.25, 0.3) is 0 Å². The zero-order valence-corrected chi connectivity index (χ0v) is 10.2. The average molecular weight is 227 g/mol. The van der Waals surface area contributed by atoms with Crippen LogP contribution in [0.5, 0.6) is 0 Å². The standard InChI is InChI=1S/C11H17NO2S/c1-4-5-14-11(13)9-8(7(2)3)6-15-10(9)12/h6-7H,4-5,12H2,1-3H3. The van der Waals surface area contributed by atoms with Crippen LogP contribution < -0.4 is 5.73 Å². The summed E-state index contributed by atoms with van der Waals surface area (Å²) in [5.41, 5.74) is 7.31. The molecule has 0 spiro atoms. The number of hydrogen-bond acceptors (Lipinski definition) is 4. The van der Waals surface area contributed by atoms with Crippen molar-refractivity contribution in [3.05, 3.63) is 16.5 Å². The fourth-order valence-corrected chi connectivity index (χ4v) is 2.26. The van der Waals surface area contributed by atoms with Crippen molar-refractivity contribution in [2.45, 2.75) is 33.1 Å². The summed E-state index contributed by atoms with van der Waals surface area (Å²) < 4.78 is 5.09. The normalized spacial score (nSPS) is 10.7. The Labute approximate surface area is 94.2 Å². The van der Waals surface area contributed by atoms with Gasteiger partial charge in [0.1, 0.15) is 5.00 Å². The molecular formula is C11H17NO2S. The maximum Gasteiger partial charge on any atom is 0.341 e. The van der Waals surface area contributed by atoms with Crippen molar-refractivity contribution >= 4 is 22.3 Å². The molecule has 0 aliphatic carbocycles. The minimum absolute atomic E-state index is 0.292. The fourth-order valence-electron chi connectivity index (χ4n) is 1.30. The minimum atomic E-state index is -0.292. The van der Waals surface area contributed by atoms with Gasteiger partial charge in [0.15, 0.2) is 0 Å². The molecule has 0 aliphatic rings. The highest BCUT2D eigenvalue weighted by atomic mass is 32.1. The van der Waals surface area contributed by atoms with Gasteiger partial charge in [0.05, 0.1) is 12.2 Å². The fraction of sp³-hybridized carbons (Fsp3) is 0.545. The highest BCUT2D eigenvalue weighted by Crippen LogP contribution is 2.31. The van der Waals surface area contributed by atoms with E-state index in [0.717, 1.165) is 12.0 Å². The minimum Gasteiger partial charge on any atom is -0.462 e. The van der Waals surface area contributed by atoms with Crippen molar-refractivity contribution in [2.75, 3.05) is 12.3 Å². The summed E-state index contributed by atoms with van der Waals surface area (Å²) in [6.45, 7) is 6.50. The van der Waals surface area contributed by atoms with Gasteiger partial charge in [0.2, 0.25) is 0 Å². The van der Waals surface area contributed by atoms with Crippen molar-refractivity contribution in [1.29, 1.82) is 0 Å². The van der Waals surface area contributed by atoms with Crippen molar-refractivity contribution in [3.63, 3.8) is 0 Å². The molecule has 1 heterocycles. The SMILES string of the molecule is CCCOC(=O)c1c(C(C)C)csc1N. The molecule has 0 saturated heterocycles. The summed E-state index contributed by atoms with van der Waals surface area (Å²) in [5, 5.41) is 2.49. The van der Waals surface area contributed by atoms with E-state index < -0.39 is 0 Å². The smallest absolute Gasteiger partial charge is 0.341 e. The van der Waals surface area contributed by atoms with E-state index in [9.17, 15) is 4.79 Å². The summed E-state index contributed by atoms with van der Waals surface area (Å²) in [6, 6.07) is 0. The molecule has 1 aromatic rings. The Kier molecular flexibility index (Phi) is 4.15. The number of esters is 1. The molecule has 0 aliphatic heterocycles. The number of thiophene rings is 1. The van der Waals surface area contributed by atoms with E-state index in [1.54, 1.807) is 0 Å². The molecular weight excluding hydrogens is 210 g/mol. The van der Waals surface area contributed by atoms with Gasteiger partial charge in [0.25, 0.3) is 0 Å². The molecule has 2 N–H and O–H groups in total. The van der Waals surface area contributed by atoms with E-state index in [4.69, 9.17) is 10.5 Å². The Morgan fingerprint density at radius 3 is 2.80 bits per heavy atom. The highest BCUT2D eigenvalue weighted by Gasteiger charge is 2.20. The largest absolute Gasteiger partial charge is 0.462 e. The molecule has 84 valence electrons. The predicted octanol–water partition coefficient (Wildman–Crippen LogP) is 3.02. The van der Waals surface area contributed by atoms with Gasteiger partial charge in [-0.05, 0) is 23.3 Å². The Balaban J connectivity index is 2.91. The van der Waals surface area contributed by atoms with E-state index in [1.165, 1.54) is 11.3 Å². The zero-order chi connectivity index (χ0) is 11.4. The van der Waals surface area contributed by atoms with E-state index in [0.29, 0.717) is 23.1 Å². The summed E-state index contributed by atoms with van der Waals surface area (Å²) in [7, 11) is 0. The first-order chi connectivity index (χ1) is 7.07. The number of ether oxygens (including phenoxy) is 1. The molecule has 0 radical (unpaired) electrons. The molecule has 15 heavy (non-hydrogen) atoms. The van der Waals surface area contributed by atoms with Crippen LogP contribution in [0.1, 0.15) is 49.0 Å². The maximum atomic E-state index is 11.7. The molecule has 0 saturated carbocycles. The topological polar surface area (TPSA) is 52.3 Å². The number of hydrogen-bond donors (Lipinski definition) is 1. The Morgan fingerprint density at radius 1 is 1.60 bits per heavy atom. The number of carbonyl (C=O) groups is 1. The lowest BCUT2D eigenvalue weighted by atomic mass is 10.0. The summed E-state index contributed by atoms with van der Waals surface area (Å²) in [6.07, 6.45) is 0.826. The van der Waals surface area contributed by atoms with Crippen LogP contribution in [0.4, 0.5) is 5.00 Å². The molecule has 0 aromatic carbocycles. The first-order valence-corrected chi connectivity index (χ1v) is 5.99. The zero-order valence-electron chi connectivity index (χ0n) is 9.37. The summed E-state index contributed by atoms with van der Waals surface area (Å²) in [4.78, 5) is 11.7. The summed E-state index contributed by atoms with van der Waals surface area (Å²) >= 11 is 1.40. The predicted molar refractivity (Wildman–Crippen MR) is 63.4 cm³/mol. The van der Waals surface area contributed by atoms with Gasteiger partial charge in [-0.25, -0.2) is 4.79 Å². The number of nitrogens with two attached hydrogens (primary N) is 1. The monoisotopic (exact) mass is 227 g/mol. The molecule has 4 heteroatoms. The first kappa shape index (κ1) is 12.0. The van der Waals surface area contributed by atoms with Crippen LogP contribution in [0, 0.1) is 0 Å². The van der Waals surface area contributed by atoms with E-state index >= 15 is 0 Å². The number of rotatable bonds is 4. The Morgan fingerprint density at radius 2 is 2.27 bits per heavy atom. The van der Waals surface area contributed by atoms with E-state index in [1.807, 2.05) is 26.2 Å². The van der Waals surface area contributed by atoms with Crippen LogP contribution in [0.2, 0.25) is 0 Å². The highest BCUT2D eigenvalue weighted by molar-refractivity contribution is 7.14. The Bertz CT molecular complexity index is 344. The van der Waals surface area contributed by atoms with Crippen LogP contribution in [-0.4, -0.2) is 12.6 Å². The number of nitrogen functional groups attached to an aromatic ring is 1. The number of anilines is 1. The van der Waals surface area contributed by atoms with Gasteiger partial charge in [-0.3, -0.25) is 0 Å². The van der Waals surface area contributed by atoms with Crippen molar-refractivity contribution in [2.24, 2.45) is 0 Å². The van der Waals surface area contributed by atoms with Gasteiger partial charge in [-0.1, -0.05) is 20.8 Å². The molecule has 0 amide bonds. The second-order valence-electron chi connectivity index (χ2n) is 3.72. The van der Waals surface area contributed by atoms with Crippen molar-refractivity contribution < 1.29 is 9.53 Å². The van der Waals surface area contributed by atoms with E-state index in [2.05, 4.69) is 0 Å². The van der Waals surface area contributed by atoms with E-state index in [-0.39, 0.29) is 5.97 Å². The quantitative estimate of drug-likeness (QED) is 0.804. The first-order valence-electron chi connectivity index (χ1n) is 5.11. The van der Waals surface area contributed by atoms with Crippen molar-refractivity contribution in [1.82, 2.24) is 0 Å². The molecule has 0 fully saturated rings. The van der Waals surface area contributed by atoms with Crippen LogP contribution in [-0.2, 0) is 4.74 Å². The van der Waals surface area contributed by atoms with Crippen LogP contribution >= 0.6 is 11.3 Å². The Hall–Kier alpha value is -1.03. The van der Waals surface area contributed by atoms with Gasteiger partial charge in [-0.2, -0.15) is 0 Å². The third-order valence-corrected chi connectivity index (χ3v) is 2.94. The molecule has 0 unspecified atom stereocenters. The molecule has 1 aromatic heterocycles. The van der Waals surface area contributed by atoms with Crippen LogP contribution in [0.15, 0.2) is 5.38 Å². The third-order valence-electron chi connectivity index (χ3n) is 2.11. The lowest BCUT2D eigenvalue weighted by Crippen LogP contribution is -2.10.